The van der Waals surface area contributed by atoms with E-state index in [0.29, 0.717) is 17.7 Å². The molecule has 2 N–H and O–H groups in total. The first-order chi connectivity index (χ1) is 13.6. The van der Waals surface area contributed by atoms with Gasteiger partial charge in [0.1, 0.15) is 17.3 Å². The number of hydrogen-bond acceptors (Lipinski definition) is 3. The van der Waals surface area contributed by atoms with Crippen LogP contribution in [0.1, 0.15) is 11.1 Å². The van der Waals surface area contributed by atoms with Crippen LogP contribution in [-0.2, 0) is 6.42 Å². The molecule has 0 aliphatic heterocycles. The Balaban J connectivity index is 1.80. The van der Waals surface area contributed by atoms with Crippen molar-refractivity contribution in [2.45, 2.75) is 6.42 Å². The van der Waals surface area contributed by atoms with Gasteiger partial charge in [0.2, 0.25) is 0 Å². The summed E-state index contributed by atoms with van der Waals surface area (Å²) < 4.78 is 13.8. The quantitative estimate of drug-likeness (QED) is 0.430. The van der Waals surface area contributed by atoms with Crippen molar-refractivity contribution in [1.82, 2.24) is 4.98 Å². The summed E-state index contributed by atoms with van der Waals surface area (Å²) in [5.74, 6) is 0.0927. The Labute approximate surface area is 161 Å². The zero-order valence-corrected chi connectivity index (χ0v) is 14.9. The minimum atomic E-state index is -0.322. The van der Waals surface area contributed by atoms with E-state index in [1.165, 1.54) is 12.1 Å². The summed E-state index contributed by atoms with van der Waals surface area (Å²) in [7, 11) is 0. The predicted molar refractivity (Wildman–Crippen MR) is 107 cm³/mol. The topological polar surface area (TPSA) is 53.4 Å². The van der Waals surface area contributed by atoms with E-state index < -0.39 is 0 Å². The highest BCUT2D eigenvalue weighted by Gasteiger charge is 2.26. The fraction of sp³-hybridized carbons (Fsp3) is 0.0417. The highest BCUT2D eigenvalue weighted by atomic mass is 19.1. The molecule has 0 bridgehead atoms. The second-order valence-corrected chi connectivity index (χ2v) is 6.92. The standard InChI is InChI=1S/C24H16FNO2/c25-16-6-1-5-15(10-16)22-13-19(14-4-2-7-17(27)11-14)21-12-20-18(24(21)26-22)8-3-9-23(20)28/h1-11,13,27-28H,12H2. The molecule has 28 heavy (non-hydrogen) atoms. The average molecular weight is 369 g/mol. The Hall–Kier alpha value is -3.66. The van der Waals surface area contributed by atoms with Gasteiger partial charge in [0, 0.05) is 23.1 Å². The maximum atomic E-state index is 13.8. The van der Waals surface area contributed by atoms with Gasteiger partial charge in [-0.3, -0.25) is 0 Å². The van der Waals surface area contributed by atoms with Gasteiger partial charge in [-0.1, -0.05) is 36.4 Å². The minimum absolute atomic E-state index is 0.175. The van der Waals surface area contributed by atoms with E-state index in [4.69, 9.17) is 4.98 Å². The number of rotatable bonds is 2. The SMILES string of the molecule is Oc1cccc(-c2cc(-c3cccc(F)c3)nc3c2Cc2c(O)cccc2-3)c1. The van der Waals surface area contributed by atoms with Crippen LogP contribution in [0, 0.1) is 5.82 Å². The monoisotopic (exact) mass is 369 g/mol. The number of hydrogen-bond donors (Lipinski definition) is 2. The van der Waals surface area contributed by atoms with Crippen LogP contribution < -0.4 is 0 Å². The molecule has 136 valence electrons. The van der Waals surface area contributed by atoms with E-state index in [1.54, 1.807) is 36.4 Å². The van der Waals surface area contributed by atoms with Gasteiger partial charge in [0.05, 0.1) is 11.4 Å². The minimum Gasteiger partial charge on any atom is -0.508 e. The number of pyridine rings is 1. The molecular formula is C24H16FNO2. The molecule has 0 fully saturated rings. The largest absolute Gasteiger partial charge is 0.508 e. The summed E-state index contributed by atoms with van der Waals surface area (Å²) in [6, 6.07) is 20.7. The van der Waals surface area contributed by atoms with Crippen LogP contribution in [0.4, 0.5) is 4.39 Å². The second-order valence-electron chi connectivity index (χ2n) is 6.92. The molecule has 3 aromatic carbocycles. The third-order valence-corrected chi connectivity index (χ3v) is 5.16. The molecule has 1 aromatic heterocycles. The molecule has 1 aliphatic carbocycles. The Kier molecular flexibility index (Phi) is 3.66. The molecule has 5 rings (SSSR count). The smallest absolute Gasteiger partial charge is 0.123 e. The number of fused-ring (bicyclic) bond motifs is 3. The van der Waals surface area contributed by atoms with Gasteiger partial charge in [0.15, 0.2) is 0 Å². The Bertz CT molecular complexity index is 1230. The third-order valence-electron chi connectivity index (χ3n) is 5.16. The van der Waals surface area contributed by atoms with Crippen LogP contribution in [0.3, 0.4) is 0 Å². The molecular weight excluding hydrogens is 353 g/mol. The maximum absolute atomic E-state index is 13.8. The van der Waals surface area contributed by atoms with Gasteiger partial charge in [-0.25, -0.2) is 9.37 Å². The summed E-state index contributed by atoms with van der Waals surface area (Å²) in [5, 5.41) is 20.3. The van der Waals surface area contributed by atoms with E-state index in [2.05, 4.69) is 0 Å². The normalized spacial score (nSPS) is 11.9. The van der Waals surface area contributed by atoms with Crippen molar-refractivity contribution >= 4 is 0 Å². The summed E-state index contributed by atoms with van der Waals surface area (Å²) in [6.07, 6.45) is 0.554. The van der Waals surface area contributed by atoms with Crippen LogP contribution >= 0.6 is 0 Å². The maximum Gasteiger partial charge on any atom is 0.123 e. The number of benzene rings is 3. The first-order valence-electron chi connectivity index (χ1n) is 9.00. The van der Waals surface area contributed by atoms with Crippen molar-refractivity contribution < 1.29 is 14.6 Å². The van der Waals surface area contributed by atoms with Gasteiger partial charge in [-0.2, -0.15) is 0 Å². The molecule has 1 heterocycles. The molecule has 0 saturated carbocycles. The van der Waals surface area contributed by atoms with Crippen molar-refractivity contribution in [3.05, 3.63) is 89.7 Å². The lowest BCUT2D eigenvalue weighted by molar-refractivity contribution is 0.470. The summed E-state index contributed by atoms with van der Waals surface area (Å²) in [4.78, 5) is 4.82. The average Bonchev–Trinajstić information content (AvgIpc) is 3.07. The molecule has 4 heteroatoms. The van der Waals surface area contributed by atoms with Crippen LogP contribution in [0.2, 0.25) is 0 Å². The second kappa shape index (κ2) is 6.20. The van der Waals surface area contributed by atoms with Gasteiger partial charge in [-0.05, 0) is 53.1 Å². The zero-order valence-electron chi connectivity index (χ0n) is 14.9. The number of phenolic OH excluding ortho intramolecular Hbond substituents is 2. The molecule has 0 unspecified atom stereocenters. The zero-order chi connectivity index (χ0) is 19.3. The van der Waals surface area contributed by atoms with Crippen molar-refractivity contribution in [2.75, 3.05) is 0 Å². The van der Waals surface area contributed by atoms with E-state index in [-0.39, 0.29) is 17.3 Å². The summed E-state index contributed by atoms with van der Waals surface area (Å²) in [5.41, 5.74) is 6.58. The van der Waals surface area contributed by atoms with Gasteiger partial charge in [0.25, 0.3) is 0 Å². The van der Waals surface area contributed by atoms with E-state index in [0.717, 1.165) is 33.5 Å². The lowest BCUT2D eigenvalue weighted by Gasteiger charge is -2.12. The number of nitrogens with zero attached hydrogens (tertiary/aromatic N) is 1. The predicted octanol–water partition coefficient (Wildman–Crippen LogP) is 5.54. The van der Waals surface area contributed by atoms with Crippen LogP contribution in [0.15, 0.2) is 72.8 Å². The fourth-order valence-corrected chi connectivity index (χ4v) is 3.86. The Morgan fingerprint density at radius 1 is 0.750 bits per heavy atom. The van der Waals surface area contributed by atoms with Gasteiger partial charge >= 0.3 is 0 Å². The first-order valence-corrected chi connectivity index (χ1v) is 9.00. The number of aromatic nitrogens is 1. The van der Waals surface area contributed by atoms with Gasteiger partial charge < -0.3 is 10.2 Å². The lowest BCUT2D eigenvalue weighted by Crippen LogP contribution is -1.95. The van der Waals surface area contributed by atoms with Crippen LogP contribution in [-0.4, -0.2) is 15.2 Å². The Morgan fingerprint density at radius 3 is 2.36 bits per heavy atom. The molecule has 3 nitrogen and oxygen atoms in total. The molecule has 0 saturated heterocycles. The van der Waals surface area contributed by atoms with E-state index in [1.807, 2.05) is 24.3 Å². The molecule has 0 amide bonds. The molecule has 1 aliphatic rings. The number of aromatic hydroxyl groups is 2. The van der Waals surface area contributed by atoms with Crippen molar-refractivity contribution in [2.24, 2.45) is 0 Å². The summed E-state index contributed by atoms with van der Waals surface area (Å²) in [6.45, 7) is 0. The molecule has 0 radical (unpaired) electrons. The molecule has 0 atom stereocenters. The van der Waals surface area contributed by atoms with Gasteiger partial charge in [-0.15, -0.1) is 0 Å². The first kappa shape index (κ1) is 16.5. The van der Waals surface area contributed by atoms with Crippen LogP contribution in [0.5, 0.6) is 11.5 Å². The molecule has 4 aromatic rings. The summed E-state index contributed by atoms with van der Waals surface area (Å²) >= 11 is 0. The van der Waals surface area contributed by atoms with Crippen molar-refractivity contribution in [3.8, 4) is 45.1 Å². The highest BCUT2D eigenvalue weighted by molar-refractivity contribution is 5.86. The fourth-order valence-electron chi connectivity index (χ4n) is 3.86. The highest BCUT2D eigenvalue weighted by Crippen LogP contribution is 2.45. The van der Waals surface area contributed by atoms with E-state index >= 15 is 0 Å². The number of halogens is 1. The Morgan fingerprint density at radius 2 is 1.54 bits per heavy atom. The van der Waals surface area contributed by atoms with Crippen molar-refractivity contribution in [3.63, 3.8) is 0 Å². The van der Waals surface area contributed by atoms with E-state index in [9.17, 15) is 14.6 Å². The third kappa shape index (κ3) is 2.62. The van der Waals surface area contributed by atoms with Crippen molar-refractivity contribution in [1.29, 1.82) is 0 Å². The number of phenols is 2. The van der Waals surface area contributed by atoms with Crippen LogP contribution in [0.25, 0.3) is 33.6 Å². The lowest BCUT2D eigenvalue weighted by atomic mass is 9.96. The molecule has 0 spiro atoms.